The van der Waals surface area contributed by atoms with Crippen LogP contribution < -0.4 is 0 Å². The van der Waals surface area contributed by atoms with Crippen LogP contribution in [0.5, 0.6) is 0 Å². The highest BCUT2D eigenvalue weighted by atomic mass is 32.2. The van der Waals surface area contributed by atoms with Gasteiger partial charge < -0.3 is 4.90 Å². The predicted molar refractivity (Wildman–Crippen MR) is 115 cm³/mol. The topological polar surface area (TPSA) is 57.7 Å². The summed E-state index contributed by atoms with van der Waals surface area (Å²) in [5.41, 5.74) is 0. The second-order valence-electron chi connectivity index (χ2n) is 8.88. The van der Waals surface area contributed by atoms with E-state index in [1.165, 1.54) is 6.42 Å². The molecule has 2 atom stereocenters. The number of hydrogen-bond donors (Lipinski definition) is 0. The van der Waals surface area contributed by atoms with Crippen molar-refractivity contribution in [3.05, 3.63) is 42.5 Å². The number of rotatable bonds is 3. The Hall–Kier alpha value is -1.92. The maximum absolute atomic E-state index is 13.1. The van der Waals surface area contributed by atoms with Crippen LogP contribution >= 0.6 is 0 Å². The fourth-order valence-electron chi connectivity index (χ4n) is 4.92. The van der Waals surface area contributed by atoms with E-state index in [2.05, 4.69) is 13.8 Å². The van der Waals surface area contributed by atoms with Gasteiger partial charge in [-0.25, -0.2) is 8.42 Å². The van der Waals surface area contributed by atoms with Gasteiger partial charge in [-0.05, 0) is 54.0 Å². The van der Waals surface area contributed by atoms with E-state index in [0.717, 1.165) is 23.9 Å². The molecule has 5 nitrogen and oxygen atoms in total. The van der Waals surface area contributed by atoms with Gasteiger partial charge in [0, 0.05) is 32.1 Å². The molecular formula is C23H30N2O3S. The van der Waals surface area contributed by atoms with Crippen molar-refractivity contribution in [3.8, 4) is 0 Å². The maximum Gasteiger partial charge on any atom is 0.243 e. The van der Waals surface area contributed by atoms with E-state index in [4.69, 9.17) is 0 Å². The second-order valence-corrected chi connectivity index (χ2v) is 10.8. The highest BCUT2D eigenvalue weighted by Crippen LogP contribution is 2.29. The number of carbonyl (C=O) groups excluding carboxylic acids is 1. The first-order chi connectivity index (χ1) is 13.8. The lowest BCUT2D eigenvalue weighted by molar-refractivity contribution is -0.139. The summed E-state index contributed by atoms with van der Waals surface area (Å²) in [7, 11) is -3.54. The molecule has 0 bridgehead atoms. The summed E-state index contributed by atoms with van der Waals surface area (Å²) < 4.78 is 27.8. The minimum atomic E-state index is -3.54. The molecular weight excluding hydrogens is 384 g/mol. The monoisotopic (exact) mass is 414 g/mol. The largest absolute Gasteiger partial charge is 0.342 e. The Morgan fingerprint density at radius 1 is 0.931 bits per heavy atom. The Morgan fingerprint density at radius 2 is 1.55 bits per heavy atom. The normalized spacial score (nSPS) is 24.7. The van der Waals surface area contributed by atoms with Gasteiger partial charge in [-0.1, -0.05) is 44.2 Å². The van der Waals surface area contributed by atoms with Crippen LogP contribution in [0.25, 0.3) is 10.8 Å². The summed E-state index contributed by atoms with van der Waals surface area (Å²) in [6.07, 6.45) is 2.38. The standard InChI is InChI=1S/C23H30N2O3S/c1-17-13-18(2)16-24(15-17)23(26)20-9-11-25(12-10-20)29(27,28)22-8-7-19-5-3-4-6-21(19)14-22/h3-8,14,17-18,20H,9-13,15-16H2,1-2H3/t17-,18-/m1/s1. The van der Waals surface area contributed by atoms with Gasteiger partial charge in [0.1, 0.15) is 0 Å². The number of benzene rings is 2. The van der Waals surface area contributed by atoms with Crippen LogP contribution in [-0.4, -0.2) is 49.7 Å². The smallest absolute Gasteiger partial charge is 0.243 e. The molecule has 1 amide bonds. The van der Waals surface area contributed by atoms with Crippen molar-refractivity contribution in [2.45, 2.75) is 38.0 Å². The Balaban J connectivity index is 1.43. The summed E-state index contributed by atoms with van der Waals surface area (Å²) >= 11 is 0. The zero-order chi connectivity index (χ0) is 20.6. The third-order valence-electron chi connectivity index (χ3n) is 6.34. The van der Waals surface area contributed by atoms with Gasteiger partial charge in [-0.3, -0.25) is 4.79 Å². The SMILES string of the molecule is C[C@@H]1C[C@@H](C)CN(C(=O)C2CCN(S(=O)(=O)c3ccc4ccccc4c3)CC2)C1. The molecule has 2 heterocycles. The van der Waals surface area contributed by atoms with Gasteiger partial charge >= 0.3 is 0 Å². The molecule has 0 aliphatic carbocycles. The molecule has 6 heteroatoms. The minimum absolute atomic E-state index is 0.0597. The summed E-state index contributed by atoms with van der Waals surface area (Å²) in [4.78, 5) is 15.3. The first-order valence-electron chi connectivity index (χ1n) is 10.6. The zero-order valence-corrected chi connectivity index (χ0v) is 18.1. The lowest BCUT2D eigenvalue weighted by Crippen LogP contribution is -2.48. The van der Waals surface area contributed by atoms with Crippen molar-refractivity contribution in [2.75, 3.05) is 26.2 Å². The Kier molecular flexibility index (Phi) is 5.67. The Morgan fingerprint density at radius 3 is 2.21 bits per heavy atom. The molecule has 0 N–H and O–H groups in total. The number of hydrogen-bond acceptors (Lipinski definition) is 3. The highest BCUT2D eigenvalue weighted by molar-refractivity contribution is 7.89. The Labute approximate surface area is 173 Å². The van der Waals surface area contributed by atoms with Crippen LogP contribution in [0.3, 0.4) is 0 Å². The van der Waals surface area contributed by atoms with Crippen molar-refractivity contribution in [2.24, 2.45) is 17.8 Å². The van der Waals surface area contributed by atoms with Crippen molar-refractivity contribution in [3.63, 3.8) is 0 Å². The molecule has 2 fully saturated rings. The first-order valence-corrected chi connectivity index (χ1v) is 12.1. The molecule has 4 rings (SSSR count). The van der Waals surface area contributed by atoms with E-state index < -0.39 is 10.0 Å². The van der Waals surface area contributed by atoms with Gasteiger partial charge in [0.2, 0.25) is 15.9 Å². The van der Waals surface area contributed by atoms with Gasteiger partial charge in [0.25, 0.3) is 0 Å². The van der Waals surface area contributed by atoms with Gasteiger partial charge in [0.05, 0.1) is 4.90 Å². The molecule has 156 valence electrons. The molecule has 2 aliphatic rings. The molecule has 0 saturated carbocycles. The number of piperidine rings is 2. The van der Waals surface area contributed by atoms with Crippen LogP contribution in [0.4, 0.5) is 0 Å². The Bertz CT molecular complexity index is 986. The summed E-state index contributed by atoms with van der Waals surface area (Å²) in [5, 5.41) is 1.95. The molecule has 0 spiro atoms. The average Bonchev–Trinajstić information content (AvgIpc) is 2.72. The van der Waals surface area contributed by atoms with Crippen molar-refractivity contribution in [1.82, 2.24) is 9.21 Å². The molecule has 2 aromatic carbocycles. The van der Waals surface area contributed by atoms with Crippen LogP contribution in [0.15, 0.2) is 47.4 Å². The van der Waals surface area contributed by atoms with Crippen molar-refractivity contribution >= 4 is 26.7 Å². The van der Waals surface area contributed by atoms with E-state index in [-0.39, 0.29) is 11.8 Å². The lowest BCUT2D eigenvalue weighted by Gasteiger charge is -2.39. The van der Waals surface area contributed by atoms with E-state index in [0.29, 0.717) is 42.7 Å². The highest BCUT2D eigenvalue weighted by Gasteiger charge is 2.35. The number of sulfonamides is 1. The third-order valence-corrected chi connectivity index (χ3v) is 8.24. The van der Waals surface area contributed by atoms with Gasteiger partial charge in [-0.2, -0.15) is 4.31 Å². The summed E-state index contributed by atoms with van der Waals surface area (Å²) in [6, 6.07) is 13.1. The van der Waals surface area contributed by atoms with Crippen LogP contribution in [0.1, 0.15) is 33.1 Å². The molecule has 29 heavy (non-hydrogen) atoms. The van der Waals surface area contributed by atoms with Crippen LogP contribution in [0, 0.1) is 17.8 Å². The van der Waals surface area contributed by atoms with E-state index in [1.54, 1.807) is 16.4 Å². The van der Waals surface area contributed by atoms with Crippen LogP contribution in [0.2, 0.25) is 0 Å². The van der Waals surface area contributed by atoms with Gasteiger partial charge in [0.15, 0.2) is 0 Å². The second kappa shape index (κ2) is 8.07. The fraction of sp³-hybridized carbons (Fsp3) is 0.522. The van der Waals surface area contributed by atoms with Crippen molar-refractivity contribution < 1.29 is 13.2 Å². The average molecular weight is 415 g/mol. The number of amides is 1. The fourth-order valence-corrected chi connectivity index (χ4v) is 6.43. The number of carbonyl (C=O) groups is 1. The molecule has 2 saturated heterocycles. The maximum atomic E-state index is 13.1. The predicted octanol–water partition coefficient (Wildman–Crippen LogP) is 3.75. The number of nitrogens with zero attached hydrogens (tertiary/aromatic N) is 2. The van der Waals surface area contributed by atoms with E-state index in [1.807, 2.05) is 35.2 Å². The van der Waals surface area contributed by atoms with E-state index >= 15 is 0 Å². The first kappa shape index (κ1) is 20.4. The van der Waals surface area contributed by atoms with Crippen molar-refractivity contribution in [1.29, 1.82) is 0 Å². The molecule has 0 unspecified atom stereocenters. The molecule has 2 aliphatic heterocycles. The molecule has 0 aromatic heterocycles. The minimum Gasteiger partial charge on any atom is -0.342 e. The van der Waals surface area contributed by atoms with Gasteiger partial charge in [-0.15, -0.1) is 0 Å². The molecule has 2 aromatic rings. The van der Waals surface area contributed by atoms with E-state index in [9.17, 15) is 13.2 Å². The number of likely N-dealkylation sites (tertiary alicyclic amines) is 1. The molecule has 0 radical (unpaired) electrons. The third kappa shape index (κ3) is 4.19. The number of fused-ring (bicyclic) bond motifs is 1. The zero-order valence-electron chi connectivity index (χ0n) is 17.3. The lowest BCUT2D eigenvalue weighted by atomic mass is 9.89. The van der Waals surface area contributed by atoms with Crippen LogP contribution in [-0.2, 0) is 14.8 Å². The quantitative estimate of drug-likeness (QED) is 0.769. The summed E-state index contributed by atoms with van der Waals surface area (Å²) in [5.74, 6) is 1.23. The summed E-state index contributed by atoms with van der Waals surface area (Å²) in [6.45, 7) is 6.88.